The number of halogens is 1. The monoisotopic (exact) mass is 312 g/mol. The fraction of sp³-hybridized carbons (Fsp3) is 0.818. The number of hydrogen-bond acceptors (Lipinski definition) is 2. The molecule has 0 aromatic rings. The van der Waals surface area contributed by atoms with Crippen LogP contribution in [0, 0.1) is 0 Å². The third-order valence-corrected chi connectivity index (χ3v) is 2.34. The molecule has 0 amide bonds. The lowest BCUT2D eigenvalue weighted by Gasteiger charge is -2.15. The molecule has 0 aromatic carbocycles. The molecule has 0 atom stereocenters. The Hall–Kier alpha value is 0.390. The van der Waals surface area contributed by atoms with Crippen LogP contribution < -0.4 is 0 Å². The van der Waals surface area contributed by atoms with E-state index in [1.165, 1.54) is 4.43 Å². The Balaban J connectivity index is 3.48. The summed E-state index contributed by atoms with van der Waals surface area (Å²) < 4.78 is 12.1. The van der Waals surface area contributed by atoms with Crippen LogP contribution in [0.5, 0.6) is 0 Å². The van der Waals surface area contributed by atoms with Gasteiger partial charge in [0.1, 0.15) is 0 Å². The molecule has 0 bridgehead atoms. The van der Waals surface area contributed by atoms with Gasteiger partial charge >= 0.3 is 0 Å². The highest BCUT2D eigenvalue weighted by Crippen LogP contribution is 2.05. The first kappa shape index (κ1) is 14.4. The Kier molecular flexibility index (Phi) is 11.8. The van der Waals surface area contributed by atoms with Crippen molar-refractivity contribution in [2.75, 3.05) is 17.6 Å². The molecule has 0 aliphatic carbocycles. The van der Waals surface area contributed by atoms with Crippen molar-refractivity contribution in [3.63, 3.8) is 0 Å². The zero-order valence-corrected chi connectivity index (χ0v) is 11.3. The van der Waals surface area contributed by atoms with E-state index in [0.29, 0.717) is 0 Å². The normalized spacial score (nSPS) is 11.7. The third kappa shape index (κ3) is 8.97. The van der Waals surface area contributed by atoms with Crippen molar-refractivity contribution in [1.29, 1.82) is 0 Å². The van der Waals surface area contributed by atoms with Crippen LogP contribution in [0.15, 0.2) is 12.2 Å². The van der Waals surface area contributed by atoms with Gasteiger partial charge in [-0.3, -0.25) is 0 Å². The fourth-order valence-electron chi connectivity index (χ4n) is 1.12. The summed E-state index contributed by atoms with van der Waals surface area (Å²) in [4.78, 5) is 0. The van der Waals surface area contributed by atoms with Crippen molar-refractivity contribution in [3.8, 4) is 0 Å². The highest BCUT2D eigenvalue weighted by Gasteiger charge is 2.05. The summed E-state index contributed by atoms with van der Waals surface area (Å²) in [7, 11) is 0. The molecule has 0 heterocycles. The number of allylic oxidation sites excluding steroid dienone is 2. The first-order valence-electron chi connectivity index (χ1n) is 5.29. The van der Waals surface area contributed by atoms with E-state index in [9.17, 15) is 0 Å². The number of alkyl halides is 1. The van der Waals surface area contributed by atoms with E-state index >= 15 is 0 Å². The lowest BCUT2D eigenvalue weighted by atomic mass is 10.2. The van der Waals surface area contributed by atoms with Gasteiger partial charge in [-0.2, -0.15) is 0 Å². The summed E-state index contributed by atoms with van der Waals surface area (Å²) in [6.07, 6.45) is 7.58. The average Bonchev–Trinajstić information content (AvgIpc) is 2.18. The molecule has 0 N–H and O–H groups in total. The van der Waals surface area contributed by atoms with Crippen LogP contribution in [0.25, 0.3) is 0 Å². The van der Waals surface area contributed by atoms with Crippen LogP contribution in [-0.4, -0.2) is 23.9 Å². The fourth-order valence-corrected chi connectivity index (χ4v) is 1.48. The average molecular weight is 312 g/mol. The van der Waals surface area contributed by atoms with Gasteiger partial charge in [0, 0.05) is 24.1 Å². The SMILES string of the molecule is CCOC(CC/C=C\CCI)OCC. The standard InChI is InChI=1S/C11H21IO2/c1-3-13-11(14-4-2)9-7-5-6-8-10-12/h5-6,11H,3-4,7-10H2,1-2H3/b6-5-. The molecule has 0 saturated heterocycles. The second kappa shape index (κ2) is 11.5. The molecule has 0 rings (SSSR count). The third-order valence-electron chi connectivity index (χ3n) is 1.72. The second-order valence-corrected chi connectivity index (χ2v) is 3.95. The summed E-state index contributed by atoms with van der Waals surface area (Å²) >= 11 is 2.38. The summed E-state index contributed by atoms with van der Waals surface area (Å²) in [5.74, 6) is 0. The van der Waals surface area contributed by atoms with Gasteiger partial charge < -0.3 is 9.47 Å². The molecule has 84 valence electrons. The summed E-state index contributed by atoms with van der Waals surface area (Å²) in [5, 5.41) is 0. The van der Waals surface area contributed by atoms with Gasteiger partial charge in [0.25, 0.3) is 0 Å². The molecule has 0 spiro atoms. The molecule has 0 unspecified atom stereocenters. The van der Waals surface area contributed by atoms with Crippen LogP contribution in [0.2, 0.25) is 0 Å². The molecular weight excluding hydrogens is 291 g/mol. The van der Waals surface area contributed by atoms with Gasteiger partial charge in [0.2, 0.25) is 0 Å². The Labute approximate surface area is 101 Å². The zero-order valence-electron chi connectivity index (χ0n) is 9.17. The molecule has 0 aliphatic rings. The van der Waals surface area contributed by atoms with Gasteiger partial charge in [0.15, 0.2) is 6.29 Å². The minimum Gasteiger partial charge on any atom is -0.353 e. The molecule has 0 saturated carbocycles. The van der Waals surface area contributed by atoms with Gasteiger partial charge in [-0.15, -0.1) is 0 Å². The molecule has 14 heavy (non-hydrogen) atoms. The van der Waals surface area contributed by atoms with Crippen molar-refractivity contribution >= 4 is 22.6 Å². The van der Waals surface area contributed by atoms with Crippen LogP contribution in [-0.2, 0) is 9.47 Å². The molecular formula is C11H21IO2. The van der Waals surface area contributed by atoms with E-state index in [0.717, 1.165) is 32.5 Å². The van der Waals surface area contributed by atoms with Gasteiger partial charge in [-0.1, -0.05) is 34.7 Å². The van der Waals surface area contributed by atoms with E-state index < -0.39 is 0 Å². The van der Waals surface area contributed by atoms with E-state index in [2.05, 4.69) is 34.7 Å². The highest BCUT2D eigenvalue weighted by atomic mass is 127. The molecule has 0 fully saturated rings. The lowest BCUT2D eigenvalue weighted by Crippen LogP contribution is -2.16. The summed E-state index contributed by atoms with van der Waals surface area (Å²) in [6.45, 7) is 5.44. The number of rotatable bonds is 9. The minimum atomic E-state index is -0.0192. The van der Waals surface area contributed by atoms with Crippen molar-refractivity contribution < 1.29 is 9.47 Å². The maximum Gasteiger partial charge on any atom is 0.157 e. The van der Waals surface area contributed by atoms with Crippen LogP contribution >= 0.6 is 22.6 Å². The van der Waals surface area contributed by atoms with Gasteiger partial charge in [0.05, 0.1) is 0 Å². The predicted molar refractivity (Wildman–Crippen MR) is 68.9 cm³/mol. The van der Waals surface area contributed by atoms with Crippen molar-refractivity contribution in [2.45, 2.75) is 39.4 Å². The topological polar surface area (TPSA) is 18.5 Å². The van der Waals surface area contributed by atoms with E-state index in [1.54, 1.807) is 0 Å². The van der Waals surface area contributed by atoms with E-state index in [1.807, 2.05) is 13.8 Å². The maximum atomic E-state index is 5.43. The van der Waals surface area contributed by atoms with E-state index in [4.69, 9.17) is 9.47 Å². The molecule has 0 aliphatic heterocycles. The first-order valence-corrected chi connectivity index (χ1v) is 6.81. The lowest BCUT2D eigenvalue weighted by molar-refractivity contribution is -0.138. The summed E-state index contributed by atoms with van der Waals surface area (Å²) in [6, 6.07) is 0. The van der Waals surface area contributed by atoms with E-state index in [-0.39, 0.29) is 6.29 Å². The molecule has 0 aromatic heterocycles. The van der Waals surface area contributed by atoms with Crippen molar-refractivity contribution in [3.05, 3.63) is 12.2 Å². The largest absolute Gasteiger partial charge is 0.353 e. The van der Waals surface area contributed by atoms with Gasteiger partial charge in [-0.25, -0.2) is 0 Å². The predicted octanol–water partition coefficient (Wildman–Crippen LogP) is 3.55. The Morgan fingerprint density at radius 3 is 2.14 bits per heavy atom. The molecule has 3 heteroatoms. The summed E-state index contributed by atoms with van der Waals surface area (Å²) in [5.41, 5.74) is 0. The van der Waals surface area contributed by atoms with Crippen LogP contribution in [0.4, 0.5) is 0 Å². The smallest absolute Gasteiger partial charge is 0.157 e. The number of hydrogen-bond donors (Lipinski definition) is 0. The van der Waals surface area contributed by atoms with Crippen LogP contribution in [0.1, 0.15) is 33.1 Å². The zero-order chi connectivity index (χ0) is 10.6. The second-order valence-electron chi connectivity index (χ2n) is 2.87. The molecule has 0 radical (unpaired) electrons. The number of ether oxygens (including phenoxy) is 2. The first-order chi connectivity index (χ1) is 6.85. The van der Waals surface area contributed by atoms with Gasteiger partial charge in [-0.05, 0) is 26.7 Å². The highest BCUT2D eigenvalue weighted by molar-refractivity contribution is 14.1. The Morgan fingerprint density at radius 2 is 1.64 bits per heavy atom. The Bertz CT molecular complexity index is 131. The minimum absolute atomic E-state index is 0.0192. The Morgan fingerprint density at radius 1 is 1.07 bits per heavy atom. The van der Waals surface area contributed by atoms with Crippen LogP contribution in [0.3, 0.4) is 0 Å². The van der Waals surface area contributed by atoms with Crippen molar-refractivity contribution in [1.82, 2.24) is 0 Å². The molecule has 2 nitrogen and oxygen atoms in total. The van der Waals surface area contributed by atoms with Crippen molar-refractivity contribution in [2.24, 2.45) is 0 Å². The quantitative estimate of drug-likeness (QED) is 0.281. The maximum absolute atomic E-state index is 5.43.